The molecule has 0 atom stereocenters. The molecule has 0 saturated carbocycles. The molecule has 0 aromatic heterocycles. The molecular weight excluding hydrogens is 466 g/mol. The summed E-state index contributed by atoms with van der Waals surface area (Å²) in [5, 5.41) is 10.9. The lowest BCUT2D eigenvalue weighted by Gasteiger charge is -2.25. The van der Waals surface area contributed by atoms with Crippen LogP contribution in [-0.2, 0) is 0 Å². The van der Waals surface area contributed by atoms with Gasteiger partial charge in [-0.1, -0.05) is 36.4 Å². The smallest absolute Gasteiger partial charge is 0.258 e. The topological polar surface area (TPSA) is 118 Å². The largest absolute Gasteiger partial charge is 0.398 e. The molecule has 174 valence electrons. The van der Waals surface area contributed by atoms with Crippen molar-refractivity contribution >= 4 is 72.4 Å². The van der Waals surface area contributed by atoms with Gasteiger partial charge < -0.3 is 5.73 Å². The molecule has 4 amide bonds. The fourth-order valence-corrected chi connectivity index (χ4v) is 6.17. The second kappa shape index (κ2) is 6.47. The van der Waals surface area contributed by atoms with Crippen molar-refractivity contribution in [3.63, 3.8) is 0 Å². The number of anilines is 1. The Bertz CT molecular complexity index is 2110. The molecule has 0 saturated heterocycles. The van der Waals surface area contributed by atoms with E-state index in [1.807, 2.05) is 36.4 Å². The number of fused-ring (bicyclic) bond motifs is 2. The third-order valence-corrected chi connectivity index (χ3v) is 7.69. The lowest BCUT2D eigenvalue weighted by Crippen LogP contribution is -2.35. The van der Waals surface area contributed by atoms with Crippen molar-refractivity contribution in [2.75, 3.05) is 5.73 Å². The minimum Gasteiger partial charge on any atom is -0.398 e. The summed E-state index contributed by atoms with van der Waals surface area (Å²) in [5.41, 5.74) is 10.1. The Morgan fingerprint density at radius 1 is 0.432 bits per heavy atom. The minimum atomic E-state index is -0.463. The van der Waals surface area contributed by atoms with E-state index in [9.17, 15) is 19.2 Å². The average molecular weight is 481 g/mol. The molecule has 0 bridgehead atoms. The summed E-state index contributed by atoms with van der Waals surface area (Å²) >= 11 is 0. The number of amides is 4. The van der Waals surface area contributed by atoms with Crippen molar-refractivity contribution in [1.82, 2.24) is 10.6 Å². The number of benzene rings is 6. The van der Waals surface area contributed by atoms with E-state index in [0.29, 0.717) is 38.7 Å². The first-order valence-corrected chi connectivity index (χ1v) is 11.7. The van der Waals surface area contributed by atoms with Gasteiger partial charge in [0.05, 0.1) is 0 Å². The predicted molar refractivity (Wildman–Crippen MR) is 141 cm³/mol. The summed E-state index contributed by atoms with van der Waals surface area (Å²) in [6.07, 6.45) is 0. The van der Waals surface area contributed by atoms with Crippen LogP contribution in [0.3, 0.4) is 0 Å². The third-order valence-electron chi connectivity index (χ3n) is 7.69. The zero-order valence-corrected chi connectivity index (χ0v) is 19.1. The maximum Gasteiger partial charge on any atom is 0.258 e. The van der Waals surface area contributed by atoms with Crippen LogP contribution in [0.5, 0.6) is 0 Å². The number of nitrogen functional groups attached to an aromatic ring is 1. The summed E-state index contributed by atoms with van der Waals surface area (Å²) in [6.45, 7) is 0. The van der Waals surface area contributed by atoms with Crippen LogP contribution < -0.4 is 16.4 Å². The molecule has 8 rings (SSSR count). The number of nitrogens with two attached hydrogens (primary N) is 1. The van der Waals surface area contributed by atoms with Gasteiger partial charge in [-0.15, -0.1) is 0 Å². The van der Waals surface area contributed by atoms with Gasteiger partial charge in [-0.2, -0.15) is 0 Å². The predicted octanol–water partition coefficient (Wildman–Crippen LogP) is 4.75. The molecule has 7 heteroatoms. The van der Waals surface area contributed by atoms with Gasteiger partial charge in [0.25, 0.3) is 23.6 Å². The summed E-state index contributed by atoms with van der Waals surface area (Å²) in [4.78, 5) is 51.4. The quantitative estimate of drug-likeness (QED) is 0.136. The van der Waals surface area contributed by atoms with Gasteiger partial charge >= 0.3 is 0 Å². The third kappa shape index (κ3) is 2.31. The molecule has 4 N–H and O–H groups in total. The second-order valence-electron chi connectivity index (χ2n) is 9.48. The van der Waals surface area contributed by atoms with E-state index in [0.717, 1.165) is 43.4 Å². The molecule has 6 aromatic carbocycles. The monoisotopic (exact) mass is 481 g/mol. The fourth-order valence-electron chi connectivity index (χ4n) is 6.17. The number of carbonyl (C=O) groups excluding carboxylic acids is 4. The molecule has 0 spiro atoms. The lowest BCUT2D eigenvalue weighted by molar-refractivity contribution is 0.0828. The maximum absolute atomic E-state index is 13.1. The normalized spacial score (nSPS) is 14.7. The van der Waals surface area contributed by atoms with E-state index < -0.39 is 23.6 Å². The summed E-state index contributed by atoms with van der Waals surface area (Å²) in [5.74, 6) is -1.78. The number of imide groups is 2. The van der Waals surface area contributed by atoms with E-state index in [-0.39, 0.29) is 0 Å². The number of hydrogen-bond donors (Lipinski definition) is 3. The number of para-hydroxylation sites is 1. The van der Waals surface area contributed by atoms with Crippen molar-refractivity contribution in [2.45, 2.75) is 0 Å². The standard InChI is InChI=1S/C30H15N3O4/c31-21-4-2-1-3-12(21)19-11-20-25-18(29(36)33-30(20)37)9-6-14-13-5-8-16-24-17(28(35)32-27(16)34)10-7-15(22(13)24)23(19)26(14)25/h1-11H,31H2,(H,32,34,35)(H,33,36,37). The van der Waals surface area contributed by atoms with E-state index in [1.54, 1.807) is 30.3 Å². The average Bonchev–Trinajstić information content (AvgIpc) is 2.89. The lowest BCUT2D eigenvalue weighted by atomic mass is 9.80. The molecule has 0 aliphatic carbocycles. The van der Waals surface area contributed by atoms with E-state index in [4.69, 9.17) is 5.73 Å². The van der Waals surface area contributed by atoms with E-state index in [1.165, 1.54) is 0 Å². The molecule has 37 heavy (non-hydrogen) atoms. The van der Waals surface area contributed by atoms with Crippen LogP contribution in [-0.4, -0.2) is 23.6 Å². The van der Waals surface area contributed by atoms with Gasteiger partial charge in [0, 0.05) is 44.3 Å². The first-order valence-electron chi connectivity index (χ1n) is 11.7. The molecule has 0 unspecified atom stereocenters. The molecule has 6 aromatic rings. The molecule has 2 aliphatic heterocycles. The summed E-state index contributed by atoms with van der Waals surface area (Å²) < 4.78 is 0. The van der Waals surface area contributed by atoms with Crippen LogP contribution in [0.25, 0.3) is 54.2 Å². The molecule has 7 nitrogen and oxygen atoms in total. The summed E-state index contributed by atoms with van der Waals surface area (Å²) in [7, 11) is 0. The minimum absolute atomic E-state index is 0.400. The van der Waals surface area contributed by atoms with Crippen molar-refractivity contribution in [3.8, 4) is 11.1 Å². The molecule has 2 heterocycles. The zero-order chi connectivity index (χ0) is 25.2. The van der Waals surface area contributed by atoms with Gasteiger partial charge in [-0.05, 0) is 68.2 Å². The number of rotatable bonds is 1. The van der Waals surface area contributed by atoms with Gasteiger partial charge in [0.15, 0.2) is 0 Å². The van der Waals surface area contributed by atoms with E-state index >= 15 is 0 Å². The van der Waals surface area contributed by atoms with Crippen molar-refractivity contribution in [3.05, 3.63) is 89.0 Å². The molecule has 2 aliphatic rings. The Kier molecular flexibility index (Phi) is 3.49. The SMILES string of the molecule is Nc1ccccc1-c1cc2c3c(ccc4c5ccc6c7c(ccc(c1c34)c75)C(=O)NC6=O)C(=O)NC2=O. The van der Waals surface area contributed by atoms with Gasteiger partial charge in [-0.3, -0.25) is 29.8 Å². The van der Waals surface area contributed by atoms with Crippen LogP contribution in [0.2, 0.25) is 0 Å². The van der Waals surface area contributed by atoms with Crippen LogP contribution in [0.15, 0.2) is 66.7 Å². The Hall–Kier alpha value is -5.30. The summed E-state index contributed by atoms with van der Waals surface area (Å²) in [6, 6.07) is 20.0. The Morgan fingerprint density at radius 3 is 1.57 bits per heavy atom. The molecule has 0 fully saturated rings. The van der Waals surface area contributed by atoms with Crippen LogP contribution in [0.4, 0.5) is 5.69 Å². The zero-order valence-electron chi connectivity index (χ0n) is 19.1. The Morgan fingerprint density at radius 2 is 0.946 bits per heavy atom. The number of nitrogens with one attached hydrogen (secondary N) is 2. The van der Waals surface area contributed by atoms with Crippen molar-refractivity contribution in [1.29, 1.82) is 0 Å². The van der Waals surface area contributed by atoms with Gasteiger partial charge in [0.1, 0.15) is 0 Å². The van der Waals surface area contributed by atoms with Crippen molar-refractivity contribution < 1.29 is 19.2 Å². The van der Waals surface area contributed by atoms with Crippen LogP contribution in [0, 0.1) is 0 Å². The van der Waals surface area contributed by atoms with E-state index in [2.05, 4.69) is 10.6 Å². The van der Waals surface area contributed by atoms with Crippen LogP contribution >= 0.6 is 0 Å². The maximum atomic E-state index is 13.1. The van der Waals surface area contributed by atoms with Gasteiger partial charge in [0.2, 0.25) is 0 Å². The van der Waals surface area contributed by atoms with Gasteiger partial charge in [-0.25, -0.2) is 0 Å². The molecule has 0 radical (unpaired) electrons. The first-order chi connectivity index (χ1) is 17.9. The highest BCUT2D eigenvalue weighted by molar-refractivity contribution is 6.43. The Labute approximate surface area is 208 Å². The Balaban J connectivity index is 1.73. The highest BCUT2D eigenvalue weighted by atomic mass is 16.2. The highest BCUT2D eigenvalue weighted by Crippen LogP contribution is 2.48. The highest BCUT2D eigenvalue weighted by Gasteiger charge is 2.32. The second-order valence-corrected chi connectivity index (χ2v) is 9.48. The van der Waals surface area contributed by atoms with Crippen molar-refractivity contribution in [2.24, 2.45) is 0 Å². The number of carbonyl (C=O) groups is 4. The fraction of sp³-hybridized carbons (Fsp3) is 0. The van der Waals surface area contributed by atoms with Crippen LogP contribution in [0.1, 0.15) is 41.4 Å². The first kappa shape index (κ1) is 19.9. The molecular formula is C30H15N3O4. The number of hydrogen-bond acceptors (Lipinski definition) is 5.